The van der Waals surface area contributed by atoms with E-state index in [4.69, 9.17) is 5.73 Å². The Bertz CT molecular complexity index is 644. The Hall–Kier alpha value is -1.89. The number of nitrogens with zero attached hydrogens (tertiary/aromatic N) is 4. The van der Waals surface area contributed by atoms with Crippen molar-refractivity contribution in [1.29, 1.82) is 0 Å². The van der Waals surface area contributed by atoms with E-state index in [0.29, 0.717) is 17.4 Å². The van der Waals surface area contributed by atoms with E-state index in [2.05, 4.69) is 29.0 Å². The molecule has 7 heteroatoms. The molecular formula is C13H22N6O. The predicted octanol–water partition coefficient (Wildman–Crippen LogP) is 0.536. The molecule has 0 radical (unpaired) electrons. The monoisotopic (exact) mass is 278 g/mol. The van der Waals surface area contributed by atoms with Gasteiger partial charge in [0.1, 0.15) is 11.6 Å². The molecule has 20 heavy (non-hydrogen) atoms. The van der Waals surface area contributed by atoms with Crippen molar-refractivity contribution in [3.8, 4) is 0 Å². The van der Waals surface area contributed by atoms with Crippen LogP contribution in [0.2, 0.25) is 0 Å². The van der Waals surface area contributed by atoms with Crippen molar-refractivity contribution in [2.75, 3.05) is 18.5 Å². The van der Waals surface area contributed by atoms with Crippen molar-refractivity contribution >= 4 is 11.5 Å². The second kappa shape index (κ2) is 5.62. The fraction of sp³-hybridized carbons (Fsp3) is 0.615. The van der Waals surface area contributed by atoms with Crippen molar-refractivity contribution in [2.45, 2.75) is 33.2 Å². The molecule has 1 atom stereocenters. The lowest BCUT2D eigenvalue weighted by molar-refractivity contribution is 0.465. The normalized spacial score (nSPS) is 13.1. The Kier molecular flexibility index (Phi) is 4.08. The van der Waals surface area contributed by atoms with Crippen molar-refractivity contribution in [2.24, 2.45) is 11.7 Å². The fourth-order valence-electron chi connectivity index (χ4n) is 2.07. The van der Waals surface area contributed by atoms with E-state index in [0.717, 1.165) is 18.8 Å². The highest BCUT2D eigenvalue weighted by atomic mass is 16.1. The summed E-state index contributed by atoms with van der Waals surface area (Å²) < 4.78 is 1.46. The number of anilines is 1. The standard InChI is InChI=1S/C13H22N6O/c1-8(2)10(14)5-6-18(4)11-7-12-16-17-13(20)19(12)9(3)15-11/h7-8,10H,5-6,14H2,1-4H3,(H,17,20). The molecule has 1 unspecified atom stereocenters. The molecule has 0 spiro atoms. The first-order valence-electron chi connectivity index (χ1n) is 6.81. The van der Waals surface area contributed by atoms with E-state index in [9.17, 15) is 4.79 Å². The van der Waals surface area contributed by atoms with Gasteiger partial charge < -0.3 is 10.6 Å². The van der Waals surface area contributed by atoms with Crippen LogP contribution in [0.1, 0.15) is 26.1 Å². The Balaban J connectivity index is 2.18. The van der Waals surface area contributed by atoms with Gasteiger partial charge in [0.25, 0.3) is 0 Å². The fourth-order valence-corrected chi connectivity index (χ4v) is 2.07. The van der Waals surface area contributed by atoms with Crippen LogP contribution in [0.15, 0.2) is 10.9 Å². The average Bonchev–Trinajstić information content (AvgIpc) is 2.77. The first kappa shape index (κ1) is 14.5. The summed E-state index contributed by atoms with van der Waals surface area (Å²) in [7, 11) is 1.97. The van der Waals surface area contributed by atoms with Gasteiger partial charge >= 0.3 is 5.69 Å². The molecule has 0 aliphatic heterocycles. The minimum atomic E-state index is -0.263. The van der Waals surface area contributed by atoms with Crippen LogP contribution in [-0.4, -0.2) is 39.2 Å². The molecule has 0 bridgehead atoms. The van der Waals surface area contributed by atoms with E-state index in [1.54, 1.807) is 13.0 Å². The summed E-state index contributed by atoms with van der Waals surface area (Å²) in [6, 6.07) is 1.97. The van der Waals surface area contributed by atoms with Crippen LogP contribution >= 0.6 is 0 Å². The molecule has 0 amide bonds. The molecule has 2 aromatic heterocycles. The van der Waals surface area contributed by atoms with Crippen molar-refractivity contribution < 1.29 is 0 Å². The third kappa shape index (κ3) is 2.82. The number of nitrogens with one attached hydrogen (secondary N) is 1. The first-order chi connectivity index (χ1) is 9.40. The summed E-state index contributed by atoms with van der Waals surface area (Å²) in [4.78, 5) is 18.0. The SMILES string of the molecule is Cc1nc(N(C)CCC(N)C(C)C)cc2n[nH]c(=O)n12. The summed E-state index contributed by atoms with van der Waals surface area (Å²) in [6.07, 6.45) is 0.896. The second-order valence-corrected chi connectivity index (χ2v) is 5.50. The minimum absolute atomic E-state index is 0.176. The minimum Gasteiger partial charge on any atom is -0.359 e. The van der Waals surface area contributed by atoms with E-state index in [-0.39, 0.29) is 11.7 Å². The number of hydrogen-bond acceptors (Lipinski definition) is 5. The highest BCUT2D eigenvalue weighted by Gasteiger charge is 2.12. The summed E-state index contributed by atoms with van der Waals surface area (Å²) in [6.45, 7) is 6.85. The van der Waals surface area contributed by atoms with Crippen LogP contribution in [0.3, 0.4) is 0 Å². The topological polar surface area (TPSA) is 92.3 Å². The molecule has 7 nitrogen and oxygen atoms in total. The lowest BCUT2D eigenvalue weighted by atomic mass is 10.0. The van der Waals surface area contributed by atoms with E-state index in [1.807, 2.05) is 11.9 Å². The molecule has 2 heterocycles. The van der Waals surface area contributed by atoms with Crippen molar-refractivity contribution in [3.05, 3.63) is 22.4 Å². The van der Waals surface area contributed by atoms with Crippen molar-refractivity contribution in [3.63, 3.8) is 0 Å². The predicted molar refractivity (Wildman–Crippen MR) is 79.0 cm³/mol. The molecule has 0 saturated heterocycles. The number of rotatable bonds is 5. The summed E-state index contributed by atoms with van der Waals surface area (Å²) >= 11 is 0. The van der Waals surface area contributed by atoms with Gasteiger partial charge in [0, 0.05) is 25.7 Å². The van der Waals surface area contributed by atoms with Crippen LogP contribution in [0.4, 0.5) is 5.82 Å². The van der Waals surface area contributed by atoms with Gasteiger partial charge in [0.05, 0.1) is 0 Å². The van der Waals surface area contributed by atoms with Gasteiger partial charge in [0.15, 0.2) is 5.65 Å². The van der Waals surface area contributed by atoms with Crippen LogP contribution in [-0.2, 0) is 0 Å². The third-order valence-corrected chi connectivity index (χ3v) is 3.60. The molecule has 0 fully saturated rings. The highest BCUT2D eigenvalue weighted by Crippen LogP contribution is 2.13. The number of aromatic amines is 1. The number of H-pyrrole nitrogens is 1. The molecule has 2 rings (SSSR count). The largest absolute Gasteiger partial charge is 0.359 e. The lowest BCUT2D eigenvalue weighted by Gasteiger charge is -2.22. The number of aromatic nitrogens is 4. The maximum Gasteiger partial charge on any atom is 0.349 e. The van der Waals surface area contributed by atoms with Gasteiger partial charge in [-0.3, -0.25) is 0 Å². The van der Waals surface area contributed by atoms with Gasteiger partial charge in [0.2, 0.25) is 0 Å². The summed E-state index contributed by atoms with van der Waals surface area (Å²) in [5.41, 5.74) is 6.37. The molecule has 0 aliphatic rings. The maximum atomic E-state index is 11.5. The molecule has 0 aromatic carbocycles. The number of fused-ring (bicyclic) bond motifs is 1. The zero-order valence-electron chi connectivity index (χ0n) is 12.4. The summed E-state index contributed by atoms with van der Waals surface area (Å²) in [5, 5.41) is 6.41. The van der Waals surface area contributed by atoms with E-state index in [1.165, 1.54) is 4.40 Å². The van der Waals surface area contributed by atoms with Crippen molar-refractivity contribution in [1.82, 2.24) is 19.6 Å². The van der Waals surface area contributed by atoms with Gasteiger partial charge in [-0.05, 0) is 19.3 Å². The molecular weight excluding hydrogens is 256 g/mol. The highest BCUT2D eigenvalue weighted by molar-refractivity contribution is 5.50. The Morgan fingerprint density at radius 2 is 2.20 bits per heavy atom. The van der Waals surface area contributed by atoms with Crippen LogP contribution < -0.4 is 16.3 Å². The van der Waals surface area contributed by atoms with E-state index >= 15 is 0 Å². The van der Waals surface area contributed by atoms with Crippen LogP contribution in [0.25, 0.3) is 5.65 Å². The molecule has 110 valence electrons. The van der Waals surface area contributed by atoms with Gasteiger partial charge in [-0.25, -0.2) is 19.3 Å². The number of nitrogens with two attached hydrogens (primary N) is 1. The van der Waals surface area contributed by atoms with Gasteiger partial charge in [-0.15, -0.1) is 0 Å². The Labute approximate surface area is 117 Å². The first-order valence-corrected chi connectivity index (χ1v) is 6.81. The average molecular weight is 278 g/mol. The molecule has 0 aliphatic carbocycles. The number of hydrogen-bond donors (Lipinski definition) is 2. The number of aryl methyl sites for hydroxylation is 1. The van der Waals surface area contributed by atoms with Crippen LogP contribution in [0, 0.1) is 12.8 Å². The molecule has 0 saturated carbocycles. The third-order valence-electron chi connectivity index (χ3n) is 3.60. The lowest BCUT2D eigenvalue weighted by Crippen LogP contribution is -2.32. The summed E-state index contributed by atoms with van der Waals surface area (Å²) in [5.74, 6) is 1.88. The van der Waals surface area contributed by atoms with E-state index < -0.39 is 0 Å². The maximum absolute atomic E-state index is 11.5. The second-order valence-electron chi connectivity index (χ2n) is 5.50. The van der Waals surface area contributed by atoms with Gasteiger partial charge in [-0.2, -0.15) is 5.10 Å². The van der Waals surface area contributed by atoms with Gasteiger partial charge in [-0.1, -0.05) is 13.8 Å². The van der Waals surface area contributed by atoms with Crippen LogP contribution in [0.5, 0.6) is 0 Å². The molecule has 3 N–H and O–H groups in total. The zero-order valence-corrected chi connectivity index (χ0v) is 12.4. The zero-order chi connectivity index (χ0) is 14.9. The quantitative estimate of drug-likeness (QED) is 0.832. The molecule has 2 aromatic rings. The Morgan fingerprint density at radius 3 is 2.85 bits per heavy atom. The Morgan fingerprint density at radius 1 is 1.50 bits per heavy atom. The smallest absolute Gasteiger partial charge is 0.349 e.